The first kappa shape index (κ1) is 11.9. The Balaban J connectivity index is 3.78. The first-order valence-corrected chi connectivity index (χ1v) is 4.18. The molecular weight excluding hydrogens is 174 g/mol. The summed E-state index contributed by atoms with van der Waals surface area (Å²) in [5, 5.41) is 10.8. The lowest BCUT2D eigenvalue weighted by atomic mass is 10.3. The van der Waals surface area contributed by atoms with E-state index in [4.69, 9.17) is 5.11 Å². The Morgan fingerprint density at radius 3 is 2.62 bits per heavy atom. The van der Waals surface area contributed by atoms with Crippen LogP contribution in [0.25, 0.3) is 0 Å². The minimum Gasteiger partial charge on any atom is -0.464 e. The topological polar surface area (TPSA) is 75.6 Å². The summed E-state index contributed by atoms with van der Waals surface area (Å²) in [7, 11) is 0. The van der Waals surface area contributed by atoms with Gasteiger partial charge in [0.15, 0.2) is 0 Å². The zero-order chi connectivity index (χ0) is 10.3. The second-order valence-corrected chi connectivity index (χ2v) is 2.51. The zero-order valence-electron chi connectivity index (χ0n) is 7.87. The standard InChI is InChI=1S/C8H15NO4/c1-3-13-8(12)6(2)9-7(11)4-5-10/h6,10H,3-5H2,1-2H3,(H,9,11). The van der Waals surface area contributed by atoms with E-state index in [0.717, 1.165) is 0 Å². The fourth-order valence-corrected chi connectivity index (χ4v) is 0.741. The van der Waals surface area contributed by atoms with Gasteiger partial charge in [0.05, 0.1) is 13.2 Å². The number of esters is 1. The molecule has 0 saturated heterocycles. The van der Waals surface area contributed by atoms with Gasteiger partial charge in [-0.3, -0.25) is 4.79 Å². The lowest BCUT2D eigenvalue weighted by molar-refractivity contribution is -0.146. The van der Waals surface area contributed by atoms with Crippen LogP contribution in [-0.4, -0.2) is 36.2 Å². The van der Waals surface area contributed by atoms with Crippen molar-refractivity contribution < 1.29 is 19.4 Å². The third kappa shape index (κ3) is 5.19. The van der Waals surface area contributed by atoms with E-state index in [1.54, 1.807) is 6.92 Å². The zero-order valence-corrected chi connectivity index (χ0v) is 7.87. The molecule has 0 heterocycles. The average Bonchev–Trinajstić information content (AvgIpc) is 2.05. The van der Waals surface area contributed by atoms with Crippen molar-refractivity contribution in [3.05, 3.63) is 0 Å². The Bertz CT molecular complexity index is 181. The highest BCUT2D eigenvalue weighted by molar-refractivity contribution is 5.84. The molecular formula is C8H15NO4. The van der Waals surface area contributed by atoms with Crippen molar-refractivity contribution in [3.8, 4) is 0 Å². The van der Waals surface area contributed by atoms with Gasteiger partial charge in [0.1, 0.15) is 6.04 Å². The third-order valence-corrected chi connectivity index (χ3v) is 1.36. The van der Waals surface area contributed by atoms with Gasteiger partial charge in [-0.2, -0.15) is 0 Å². The van der Waals surface area contributed by atoms with Crippen molar-refractivity contribution in [1.29, 1.82) is 0 Å². The number of carbonyl (C=O) groups is 2. The molecule has 0 spiro atoms. The van der Waals surface area contributed by atoms with Gasteiger partial charge in [-0.15, -0.1) is 0 Å². The number of amides is 1. The molecule has 0 aromatic rings. The van der Waals surface area contributed by atoms with Crippen LogP contribution in [0, 0.1) is 0 Å². The summed E-state index contributed by atoms with van der Waals surface area (Å²) >= 11 is 0. The minimum atomic E-state index is -0.654. The summed E-state index contributed by atoms with van der Waals surface area (Å²) in [5.41, 5.74) is 0. The number of aliphatic hydroxyl groups excluding tert-OH is 1. The molecule has 5 heteroatoms. The van der Waals surface area contributed by atoms with E-state index in [-0.39, 0.29) is 18.9 Å². The molecule has 0 aromatic carbocycles. The first-order valence-electron chi connectivity index (χ1n) is 4.18. The summed E-state index contributed by atoms with van der Waals surface area (Å²) in [6.07, 6.45) is 0.00372. The maximum atomic E-state index is 11.0. The van der Waals surface area contributed by atoms with Gasteiger partial charge >= 0.3 is 5.97 Å². The molecule has 1 atom stereocenters. The van der Waals surface area contributed by atoms with Crippen LogP contribution >= 0.6 is 0 Å². The van der Waals surface area contributed by atoms with E-state index in [2.05, 4.69) is 10.1 Å². The maximum absolute atomic E-state index is 11.0. The molecule has 0 fully saturated rings. The SMILES string of the molecule is CCOC(=O)C(C)NC(=O)CCO. The van der Waals surface area contributed by atoms with E-state index >= 15 is 0 Å². The van der Waals surface area contributed by atoms with Crippen molar-refractivity contribution in [3.63, 3.8) is 0 Å². The number of hydrogen-bond acceptors (Lipinski definition) is 4. The van der Waals surface area contributed by atoms with Gasteiger partial charge in [-0.05, 0) is 13.8 Å². The molecule has 0 saturated carbocycles. The van der Waals surface area contributed by atoms with E-state index in [0.29, 0.717) is 6.61 Å². The largest absolute Gasteiger partial charge is 0.464 e. The van der Waals surface area contributed by atoms with Gasteiger partial charge < -0.3 is 15.2 Å². The van der Waals surface area contributed by atoms with E-state index in [9.17, 15) is 9.59 Å². The highest BCUT2D eigenvalue weighted by atomic mass is 16.5. The fourth-order valence-electron chi connectivity index (χ4n) is 0.741. The van der Waals surface area contributed by atoms with Crippen molar-refractivity contribution in [2.45, 2.75) is 26.3 Å². The number of hydrogen-bond donors (Lipinski definition) is 2. The molecule has 2 N–H and O–H groups in total. The number of carbonyl (C=O) groups excluding carboxylic acids is 2. The van der Waals surface area contributed by atoms with Crippen LogP contribution in [0.2, 0.25) is 0 Å². The van der Waals surface area contributed by atoms with E-state index < -0.39 is 12.0 Å². The highest BCUT2D eigenvalue weighted by Gasteiger charge is 2.15. The molecule has 0 aromatic heterocycles. The minimum absolute atomic E-state index is 0.00372. The maximum Gasteiger partial charge on any atom is 0.328 e. The molecule has 1 amide bonds. The second kappa shape index (κ2) is 6.42. The quantitative estimate of drug-likeness (QED) is 0.568. The van der Waals surface area contributed by atoms with E-state index in [1.165, 1.54) is 6.92 Å². The monoisotopic (exact) mass is 189 g/mol. The van der Waals surface area contributed by atoms with Crippen LogP contribution < -0.4 is 5.32 Å². The van der Waals surface area contributed by atoms with Crippen molar-refractivity contribution >= 4 is 11.9 Å². The molecule has 0 bridgehead atoms. The molecule has 76 valence electrons. The fraction of sp³-hybridized carbons (Fsp3) is 0.750. The van der Waals surface area contributed by atoms with Crippen molar-refractivity contribution in [1.82, 2.24) is 5.32 Å². The third-order valence-electron chi connectivity index (χ3n) is 1.36. The van der Waals surface area contributed by atoms with Crippen molar-refractivity contribution in [2.24, 2.45) is 0 Å². The Labute approximate surface area is 77.1 Å². The number of aliphatic hydroxyl groups is 1. The van der Waals surface area contributed by atoms with E-state index in [1.807, 2.05) is 0 Å². The molecule has 0 radical (unpaired) electrons. The lowest BCUT2D eigenvalue weighted by Gasteiger charge is -2.11. The van der Waals surface area contributed by atoms with Crippen LogP contribution in [0.3, 0.4) is 0 Å². The predicted octanol–water partition coefficient (Wildman–Crippen LogP) is -0.563. The summed E-state index contributed by atoms with van der Waals surface area (Å²) in [6.45, 7) is 3.30. The number of rotatable bonds is 5. The van der Waals surface area contributed by atoms with Crippen LogP contribution in [0.5, 0.6) is 0 Å². The Hall–Kier alpha value is -1.10. The smallest absolute Gasteiger partial charge is 0.328 e. The Morgan fingerprint density at radius 2 is 2.15 bits per heavy atom. The van der Waals surface area contributed by atoms with Crippen LogP contribution in [-0.2, 0) is 14.3 Å². The highest BCUT2D eigenvalue weighted by Crippen LogP contribution is 1.89. The number of nitrogens with one attached hydrogen (secondary N) is 1. The van der Waals surface area contributed by atoms with Gasteiger partial charge in [0.25, 0.3) is 0 Å². The van der Waals surface area contributed by atoms with Crippen molar-refractivity contribution in [2.75, 3.05) is 13.2 Å². The lowest BCUT2D eigenvalue weighted by Crippen LogP contribution is -2.39. The van der Waals surface area contributed by atoms with Gasteiger partial charge in [-0.1, -0.05) is 0 Å². The molecule has 0 aliphatic heterocycles. The van der Waals surface area contributed by atoms with Crippen LogP contribution in [0.4, 0.5) is 0 Å². The average molecular weight is 189 g/mol. The molecule has 5 nitrogen and oxygen atoms in total. The van der Waals surface area contributed by atoms with Gasteiger partial charge in [0.2, 0.25) is 5.91 Å². The molecule has 0 aliphatic rings. The summed E-state index contributed by atoms with van der Waals surface area (Å²) in [5.74, 6) is -0.822. The summed E-state index contributed by atoms with van der Waals surface area (Å²) in [4.78, 5) is 21.9. The predicted molar refractivity (Wildman–Crippen MR) is 45.9 cm³/mol. The molecule has 0 aliphatic carbocycles. The molecule has 13 heavy (non-hydrogen) atoms. The normalized spacial score (nSPS) is 11.9. The van der Waals surface area contributed by atoms with Crippen LogP contribution in [0.1, 0.15) is 20.3 Å². The van der Waals surface area contributed by atoms with Gasteiger partial charge in [0, 0.05) is 6.42 Å². The molecule has 0 rings (SSSR count). The Morgan fingerprint density at radius 1 is 1.54 bits per heavy atom. The van der Waals surface area contributed by atoms with Gasteiger partial charge in [-0.25, -0.2) is 4.79 Å². The summed E-state index contributed by atoms with van der Waals surface area (Å²) in [6, 6.07) is -0.654. The second-order valence-electron chi connectivity index (χ2n) is 2.51. The first-order chi connectivity index (χ1) is 6.11. The Kier molecular flexibility index (Phi) is 5.88. The molecule has 1 unspecified atom stereocenters. The number of ether oxygens (including phenoxy) is 1. The summed E-state index contributed by atoms with van der Waals surface area (Å²) < 4.78 is 4.67. The van der Waals surface area contributed by atoms with Crippen LogP contribution in [0.15, 0.2) is 0 Å².